The first kappa shape index (κ1) is 11.1. The summed E-state index contributed by atoms with van der Waals surface area (Å²) in [5.41, 5.74) is 0. The predicted molar refractivity (Wildman–Crippen MR) is 59.7 cm³/mol. The van der Waals surface area contributed by atoms with E-state index in [9.17, 15) is 0 Å². The van der Waals surface area contributed by atoms with Gasteiger partial charge >= 0.3 is 0 Å². The molecule has 3 nitrogen and oxygen atoms in total. The van der Waals surface area contributed by atoms with Crippen LogP contribution in [-0.4, -0.2) is 37.5 Å². The van der Waals surface area contributed by atoms with Crippen molar-refractivity contribution in [2.24, 2.45) is 11.8 Å². The number of nitrogens with one attached hydrogen (secondary N) is 1. The lowest BCUT2D eigenvalue weighted by Crippen LogP contribution is -2.48. The monoisotopic (exact) mass is 211 g/mol. The van der Waals surface area contributed by atoms with Crippen LogP contribution in [0.25, 0.3) is 0 Å². The second kappa shape index (κ2) is 5.64. The number of hydrogen-bond acceptors (Lipinski definition) is 3. The van der Waals surface area contributed by atoms with Crippen molar-refractivity contribution in [3.05, 3.63) is 12.2 Å². The Morgan fingerprint density at radius 2 is 2.33 bits per heavy atom. The Bertz CT molecular complexity index is 218. The Balaban J connectivity index is 1.46. The predicted octanol–water partition coefficient (Wildman–Crippen LogP) is 0.940. The van der Waals surface area contributed by atoms with Crippen LogP contribution in [0.4, 0.5) is 0 Å². The van der Waals surface area contributed by atoms with E-state index in [1.54, 1.807) is 0 Å². The van der Waals surface area contributed by atoms with Gasteiger partial charge in [0.2, 0.25) is 0 Å². The molecule has 3 heteroatoms. The molecule has 15 heavy (non-hydrogen) atoms. The zero-order valence-corrected chi connectivity index (χ0v) is 9.19. The summed E-state index contributed by atoms with van der Waals surface area (Å²) in [5, 5.41) is 12.1. The molecule has 0 radical (unpaired) electrons. The van der Waals surface area contributed by atoms with E-state index >= 15 is 0 Å². The Morgan fingerprint density at radius 3 is 3.13 bits per heavy atom. The minimum Gasteiger partial charge on any atom is -0.394 e. The summed E-state index contributed by atoms with van der Waals surface area (Å²) in [6, 6.07) is 0.739. The van der Waals surface area contributed by atoms with Crippen molar-refractivity contribution in [2.75, 3.05) is 26.4 Å². The van der Waals surface area contributed by atoms with Gasteiger partial charge in [-0.05, 0) is 37.6 Å². The zero-order valence-electron chi connectivity index (χ0n) is 9.19. The maximum atomic E-state index is 8.51. The molecule has 1 fully saturated rings. The van der Waals surface area contributed by atoms with Gasteiger partial charge in [-0.25, -0.2) is 0 Å². The van der Waals surface area contributed by atoms with E-state index < -0.39 is 0 Å². The minimum absolute atomic E-state index is 0.130. The average Bonchev–Trinajstić information content (AvgIpc) is 2.59. The van der Waals surface area contributed by atoms with Gasteiger partial charge in [-0.1, -0.05) is 12.2 Å². The first-order valence-corrected chi connectivity index (χ1v) is 6.00. The SMILES string of the molecule is OCCOCCCNC1C[C@@H]2C=CC[C@H]12. The number of aliphatic hydroxyl groups is 1. The van der Waals surface area contributed by atoms with Crippen LogP contribution in [0.5, 0.6) is 0 Å². The van der Waals surface area contributed by atoms with Gasteiger partial charge in [0.05, 0.1) is 13.2 Å². The standard InChI is InChI=1S/C12H21NO2/c14-6-8-15-7-2-5-13-12-9-10-3-1-4-11(10)12/h1,3,10-14H,2,4-9H2/t10-,11-,12?/m0/s1. The van der Waals surface area contributed by atoms with Crippen molar-refractivity contribution < 1.29 is 9.84 Å². The van der Waals surface area contributed by atoms with Gasteiger partial charge in [-0.3, -0.25) is 0 Å². The molecule has 0 amide bonds. The van der Waals surface area contributed by atoms with Crippen molar-refractivity contribution in [2.45, 2.75) is 25.3 Å². The van der Waals surface area contributed by atoms with Crippen molar-refractivity contribution in [1.29, 1.82) is 0 Å². The van der Waals surface area contributed by atoms with Crippen LogP contribution in [0.3, 0.4) is 0 Å². The van der Waals surface area contributed by atoms with E-state index in [2.05, 4.69) is 17.5 Å². The van der Waals surface area contributed by atoms with Crippen molar-refractivity contribution in [3.8, 4) is 0 Å². The number of rotatable bonds is 7. The molecular weight excluding hydrogens is 190 g/mol. The Hall–Kier alpha value is -0.380. The molecule has 0 bridgehead atoms. The van der Waals surface area contributed by atoms with Crippen molar-refractivity contribution >= 4 is 0 Å². The summed E-state index contributed by atoms with van der Waals surface area (Å²) in [5.74, 6) is 1.75. The van der Waals surface area contributed by atoms with Gasteiger partial charge in [0, 0.05) is 12.6 Å². The van der Waals surface area contributed by atoms with Crippen LogP contribution >= 0.6 is 0 Å². The number of aliphatic hydroxyl groups excluding tert-OH is 1. The van der Waals surface area contributed by atoms with Gasteiger partial charge in [0.1, 0.15) is 0 Å². The topological polar surface area (TPSA) is 41.5 Å². The molecule has 0 aromatic carbocycles. The summed E-state index contributed by atoms with van der Waals surface area (Å²) in [6.45, 7) is 2.40. The fourth-order valence-corrected chi connectivity index (χ4v) is 2.58. The summed E-state index contributed by atoms with van der Waals surface area (Å²) in [7, 11) is 0. The molecule has 86 valence electrons. The number of ether oxygens (including phenoxy) is 1. The lowest BCUT2D eigenvalue weighted by Gasteiger charge is -2.41. The number of allylic oxidation sites excluding steroid dienone is 2. The maximum Gasteiger partial charge on any atom is 0.0697 e. The highest BCUT2D eigenvalue weighted by atomic mass is 16.5. The molecular formula is C12H21NO2. The van der Waals surface area contributed by atoms with Crippen molar-refractivity contribution in [1.82, 2.24) is 5.32 Å². The van der Waals surface area contributed by atoms with E-state index in [4.69, 9.17) is 9.84 Å². The summed E-state index contributed by atoms with van der Waals surface area (Å²) in [4.78, 5) is 0. The van der Waals surface area contributed by atoms with E-state index in [0.29, 0.717) is 6.61 Å². The molecule has 3 atom stereocenters. The van der Waals surface area contributed by atoms with E-state index in [1.807, 2.05) is 0 Å². The van der Waals surface area contributed by atoms with E-state index in [0.717, 1.165) is 37.5 Å². The van der Waals surface area contributed by atoms with E-state index in [1.165, 1.54) is 12.8 Å². The first-order valence-electron chi connectivity index (χ1n) is 6.00. The highest BCUT2D eigenvalue weighted by molar-refractivity contribution is 5.12. The van der Waals surface area contributed by atoms with Gasteiger partial charge in [-0.15, -0.1) is 0 Å². The molecule has 2 rings (SSSR count). The molecule has 1 saturated carbocycles. The molecule has 0 aliphatic heterocycles. The van der Waals surface area contributed by atoms with Gasteiger partial charge < -0.3 is 15.2 Å². The van der Waals surface area contributed by atoms with Crippen LogP contribution in [-0.2, 0) is 4.74 Å². The van der Waals surface area contributed by atoms with Gasteiger partial charge in [0.15, 0.2) is 0 Å². The van der Waals surface area contributed by atoms with Crippen LogP contribution in [0.2, 0.25) is 0 Å². The third-order valence-electron chi connectivity index (χ3n) is 3.49. The molecule has 0 spiro atoms. The highest BCUT2D eigenvalue weighted by Crippen LogP contribution is 2.42. The Kier molecular flexibility index (Phi) is 4.18. The largest absolute Gasteiger partial charge is 0.394 e. The fourth-order valence-electron chi connectivity index (χ4n) is 2.58. The third kappa shape index (κ3) is 2.80. The molecule has 0 saturated heterocycles. The first-order chi connectivity index (χ1) is 7.42. The van der Waals surface area contributed by atoms with Crippen LogP contribution < -0.4 is 5.32 Å². The summed E-state index contributed by atoms with van der Waals surface area (Å²) in [6.07, 6.45) is 8.32. The molecule has 0 aromatic heterocycles. The second-order valence-corrected chi connectivity index (χ2v) is 4.48. The Labute approximate surface area is 91.5 Å². The lowest BCUT2D eigenvalue weighted by molar-refractivity contribution is 0.0874. The molecule has 2 N–H and O–H groups in total. The van der Waals surface area contributed by atoms with Gasteiger partial charge in [0.25, 0.3) is 0 Å². The summed E-state index contributed by atoms with van der Waals surface area (Å²) >= 11 is 0. The quantitative estimate of drug-likeness (QED) is 0.486. The fraction of sp³-hybridized carbons (Fsp3) is 0.833. The minimum atomic E-state index is 0.130. The van der Waals surface area contributed by atoms with Crippen molar-refractivity contribution in [3.63, 3.8) is 0 Å². The smallest absolute Gasteiger partial charge is 0.0697 e. The number of fused-ring (bicyclic) bond motifs is 1. The molecule has 2 aliphatic rings. The highest BCUT2D eigenvalue weighted by Gasteiger charge is 2.40. The zero-order chi connectivity index (χ0) is 10.5. The second-order valence-electron chi connectivity index (χ2n) is 4.48. The van der Waals surface area contributed by atoms with Crippen LogP contribution in [0.1, 0.15) is 19.3 Å². The van der Waals surface area contributed by atoms with Gasteiger partial charge in [-0.2, -0.15) is 0 Å². The molecule has 2 aliphatic carbocycles. The van der Waals surface area contributed by atoms with Crippen LogP contribution in [0, 0.1) is 11.8 Å². The Morgan fingerprint density at radius 1 is 1.40 bits per heavy atom. The average molecular weight is 211 g/mol. The van der Waals surface area contributed by atoms with Crippen LogP contribution in [0.15, 0.2) is 12.2 Å². The third-order valence-corrected chi connectivity index (χ3v) is 3.49. The molecule has 1 unspecified atom stereocenters. The molecule has 0 heterocycles. The molecule has 0 aromatic rings. The number of hydrogen-bond donors (Lipinski definition) is 2. The summed E-state index contributed by atoms with van der Waals surface area (Å²) < 4.78 is 5.20. The van der Waals surface area contributed by atoms with E-state index in [-0.39, 0.29) is 6.61 Å². The maximum absolute atomic E-state index is 8.51. The lowest BCUT2D eigenvalue weighted by atomic mass is 9.71. The normalized spacial score (nSPS) is 32.7.